The smallest absolute Gasteiger partial charge is 0.387 e. The first-order valence-corrected chi connectivity index (χ1v) is 3.03. The summed E-state index contributed by atoms with van der Waals surface area (Å²) in [4.78, 5) is 0. The van der Waals surface area contributed by atoms with E-state index in [4.69, 9.17) is 5.11 Å². The highest BCUT2D eigenvalue weighted by Crippen LogP contribution is 2.27. The van der Waals surface area contributed by atoms with Gasteiger partial charge in [-0.1, -0.05) is 0 Å². The highest BCUT2D eigenvalue weighted by atomic mass is 19.3. The molecule has 0 amide bonds. The van der Waals surface area contributed by atoms with E-state index >= 15 is 0 Å². The Labute approximate surface area is 66.2 Å². The van der Waals surface area contributed by atoms with Crippen LogP contribution in [-0.2, 0) is 0 Å². The minimum absolute atomic E-state index is 0.517. The lowest BCUT2D eigenvalue weighted by Gasteiger charge is -2.05. The van der Waals surface area contributed by atoms with E-state index in [9.17, 15) is 13.2 Å². The van der Waals surface area contributed by atoms with Crippen molar-refractivity contribution < 1.29 is 23.0 Å². The maximum Gasteiger partial charge on any atom is 0.387 e. The van der Waals surface area contributed by atoms with Gasteiger partial charge in [0, 0.05) is 6.07 Å². The monoisotopic (exact) mass is 178 g/mol. The minimum Gasteiger partial charge on any atom is -0.504 e. The fourth-order valence-electron chi connectivity index (χ4n) is 0.678. The van der Waals surface area contributed by atoms with E-state index in [0.717, 1.165) is 12.1 Å². The standard InChI is InChI=1S/C7H5F3O2/c8-4-1-2-5(11)6(3-4)12-7(9)10/h1-3,7,11H. The van der Waals surface area contributed by atoms with Crippen LogP contribution in [0.1, 0.15) is 0 Å². The molecule has 5 heteroatoms. The van der Waals surface area contributed by atoms with Gasteiger partial charge in [-0.05, 0) is 12.1 Å². The SMILES string of the molecule is Oc1ccc(F)cc1OC(F)F. The van der Waals surface area contributed by atoms with Gasteiger partial charge in [0.05, 0.1) is 0 Å². The van der Waals surface area contributed by atoms with E-state index in [-0.39, 0.29) is 0 Å². The van der Waals surface area contributed by atoms with Crippen molar-refractivity contribution in [3.05, 3.63) is 24.0 Å². The largest absolute Gasteiger partial charge is 0.504 e. The van der Waals surface area contributed by atoms with Gasteiger partial charge in [0.15, 0.2) is 11.5 Å². The Hall–Kier alpha value is -1.39. The van der Waals surface area contributed by atoms with Crippen LogP contribution in [0.15, 0.2) is 18.2 Å². The highest BCUT2D eigenvalue weighted by Gasteiger charge is 2.09. The molecule has 0 heterocycles. The van der Waals surface area contributed by atoms with Crippen LogP contribution in [0.25, 0.3) is 0 Å². The molecule has 12 heavy (non-hydrogen) atoms. The molecular formula is C7H5F3O2. The van der Waals surface area contributed by atoms with Gasteiger partial charge in [-0.15, -0.1) is 0 Å². The second-order valence-corrected chi connectivity index (χ2v) is 1.99. The van der Waals surface area contributed by atoms with Crippen LogP contribution in [-0.4, -0.2) is 11.7 Å². The molecule has 2 nitrogen and oxygen atoms in total. The number of hydrogen-bond acceptors (Lipinski definition) is 2. The summed E-state index contributed by atoms with van der Waals surface area (Å²) in [6.07, 6.45) is 0. The third-order valence-corrected chi connectivity index (χ3v) is 1.14. The normalized spacial score (nSPS) is 10.3. The summed E-state index contributed by atoms with van der Waals surface area (Å²) < 4.78 is 39.3. The molecule has 0 saturated heterocycles. The predicted molar refractivity (Wildman–Crippen MR) is 34.7 cm³/mol. The zero-order valence-corrected chi connectivity index (χ0v) is 5.80. The van der Waals surface area contributed by atoms with E-state index in [1.165, 1.54) is 0 Å². The molecule has 1 aromatic carbocycles. The van der Waals surface area contributed by atoms with Crippen LogP contribution in [0.2, 0.25) is 0 Å². The number of aromatic hydroxyl groups is 1. The number of phenolic OH excluding ortho intramolecular Hbond substituents is 1. The molecule has 1 rings (SSSR count). The molecule has 1 N–H and O–H groups in total. The van der Waals surface area contributed by atoms with Crippen molar-refractivity contribution >= 4 is 0 Å². The molecule has 0 bridgehead atoms. The van der Waals surface area contributed by atoms with Crippen LogP contribution in [0, 0.1) is 5.82 Å². The third kappa shape index (κ3) is 2.05. The third-order valence-electron chi connectivity index (χ3n) is 1.14. The Morgan fingerprint density at radius 3 is 2.58 bits per heavy atom. The van der Waals surface area contributed by atoms with Crippen molar-refractivity contribution in [2.24, 2.45) is 0 Å². The molecule has 0 aliphatic rings. The second-order valence-electron chi connectivity index (χ2n) is 1.99. The van der Waals surface area contributed by atoms with Crippen molar-refractivity contribution in [1.29, 1.82) is 0 Å². The number of hydrogen-bond donors (Lipinski definition) is 1. The summed E-state index contributed by atoms with van der Waals surface area (Å²) in [6, 6.07) is 2.56. The number of phenols is 1. The summed E-state index contributed by atoms with van der Waals surface area (Å²) >= 11 is 0. The fourth-order valence-corrected chi connectivity index (χ4v) is 0.678. The molecule has 0 aromatic heterocycles. The average Bonchev–Trinajstić information content (AvgIpc) is 1.96. The number of alkyl halides is 2. The van der Waals surface area contributed by atoms with Crippen molar-refractivity contribution in [3.8, 4) is 11.5 Å². The number of halogens is 3. The summed E-state index contributed by atoms with van der Waals surface area (Å²) in [7, 11) is 0. The van der Waals surface area contributed by atoms with Crippen molar-refractivity contribution in [2.75, 3.05) is 0 Å². The quantitative estimate of drug-likeness (QED) is 0.751. The lowest BCUT2D eigenvalue weighted by Crippen LogP contribution is -2.02. The summed E-state index contributed by atoms with van der Waals surface area (Å²) in [5, 5.41) is 8.86. The number of ether oxygens (including phenoxy) is 1. The first-order valence-electron chi connectivity index (χ1n) is 3.03. The van der Waals surface area contributed by atoms with Crippen LogP contribution < -0.4 is 4.74 Å². The molecule has 0 atom stereocenters. The Balaban J connectivity index is 2.90. The molecule has 0 unspecified atom stereocenters. The van der Waals surface area contributed by atoms with Gasteiger partial charge in [0.1, 0.15) is 5.82 Å². The lowest BCUT2D eigenvalue weighted by molar-refractivity contribution is -0.0514. The van der Waals surface area contributed by atoms with Gasteiger partial charge in [0.2, 0.25) is 0 Å². The van der Waals surface area contributed by atoms with Gasteiger partial charge >= 0.3 is 6.61 Å². The Bertz CT molecular complexity index is 275. The first kappa shape index (κ1) is 8.70. The van der Waals surface area contributed by atoms with Crippen LogP contribution in [0.4, 0.5) is 13.2 Å². The molecule has 66 valence electrons. The maximum atomic E-state index is 12.4. The van der Waals surface area contributed by atoms with Crippen molar-refractivity contribution in [2.45, 2.75) is 6.61 Å². The van der Waals surface area contributed by atoms with Gasteiger partial charge in [-0.25, -0.2) is 4.39 Å². The van der Waals surface area contributed by atoms with Crippen molar-refractivity contribution in [3.63, 3.8) is 0 Å². The highest BCUT2D eigenvalue weighted by molar-refractivity contribution is 5.38. The topological polar surface area (TPSA) is 29.5 Å². The van der Waals surface area contributed by atoms with Gasteiger partial charge in [-0.2, -0.15) is 8.78 Å². The Morgan fingerprint density at radius 2 is 2.00 bits per heavy atom. The molecule has 0 saturated carbocycles. The lowest BCUT2D eigenvalue weighted by atomic mass is 10.3. The zero-order chi connectivity index (χ0) is 9.14. The Morgan fingerprint density at radius 1 is 1.33 bits per heavy atom. The van der Waals surface area contributed by atoms with Gasteiger partial charge < -0.3 is 9.84 Å². The minimum atomic E-state index is -3.07. The summed E-state index contributed by atoms with van der Waals surface area (Å²) in [5.74, 6) is -1.83. The van der Waals surface area contributed by atoms with Crippen LogP contribution in [0.3, 0.4) is 0 Å². The molecule has 0 spiro atoms. The molecular weight excluding hydrogens is 173 g/mol. The van der Waals surface area contributed by atoms with E-state index in [0.29, 0.717) is 6.07 Å². The maximum absolute atomic E-state index is 12.4. The summed E-state index contributed by atoms with van der Waals surface area (Å²) in [6.45, 7) is -3.07. The zero-order valence-electron chi connectivity index (χ0n) is 5.80. The van der Waals surface area contributed by atoms with Gasteiger partial charge in [0.25, 0.3) is 0 Å². The average molecular weight is 178 g/mol. The number of rotatable bonds is 2. The summed E-state index contributed by atoms with van der Waals surface area (Å²) in [5.41, 5.74) is 0. The van der Waals surface area contributed by atoms with Crippen LogP contribution >= 0.6 is 0 Å². The van der Waals surface area contributed by atoms with E-state index in [2.05, 4.69) is 4.74 Å². The predicted octanol–water partition coefficient (Wildman–Crippen LogP) is 2.13. The van der Waals surface area contributed by atoms with E-state index < -0.39 is 23.9 Å². The first-order chi connectivity index (χ1) is 5.59. The molecule has 0 fully saturated rings. The van der Waals surface area contributed by atoms with E-state index in [1.54, 1.807) is 0 Å². The van der Waals surface area contributed by atoms with Crippen molar-refractivity contribution in [1.82, 2.24) is 0 Å². The van der Waals surface area contributed by atoms with Gasteiger partial charge in [-0.3, -0.25) is 0 Å². The molecule has 0 radical (unpaired) electrons. The molecule has 0 aliphatic carbocycles. The number of benzene rings is 1. The van der Waals surface area contributed by atoms with Crippen LogP contribution in [0.5, 0.6) is 11.5 Å². The van der Waals surface area contributed by atoms with E-state index in [1.807, 2.05) is 0 Å². The molecule has 1 aromatic rings. The fraction of sp³-hybridized carbons (Fsp3) is 0.143. The Kier molecular flexibility index (Phi) is 2.42. The second kappa shape index (κ2) is 3.34. The molecule has 0 aliphatic heterocycles.